The molecular weight excluding hydrogens is 308 g/mol. The van der Waals surface area contributed by atoms with Crippen LogP contribution in [0.1, 0.15) is 36.6 Å². The van der Waals surface area contributed by atoms with Crippen molar-refractivity contribution in [1.29, 1.82) is 0 Å². The van der Waals surface area contributed by atoms with Crippen molar-refractivity contribution in [3.05, 3.63) is 59.4 Å². The quantitative estimate of drug-likeness (QED) is 0.472. The number of hydrogen-bond donors (Lipinski definition) is 0. The standard InChI is InChI=1S/C22H23N2O/c1-13(2)17-8-9-19-21(23-17)16-7-6-15(4)20(22(16)25-19)18-12-14(3)10-11-24(18)5/h6-13H,1-5H3/q+1. The van der Waals surface area contributed by atoms with E-state index in [1.807, 2.05) is 6.07 Å². The van der Waals surface area contributed by atoms with E-state index in [9.17, 15) is 0 Å². The van der Waals surface area contributed by atoms with Crippen molar-refractivity contribution in [2.45, 2.75) is 33.6 Å². The number of hydrogen-bond acceptors (Lipinski definition) is 2. The van der Waals surface area contributed by atoms with E-state index in [2.05, 4.69) is 75.8 Å². The van der Waals surface area contributed by atoms with Gasteiger partial charge in [0.2, 0.25) is 5.69 Å². The van der Waals surface area contributed by atoms with Gasteiger partial charge in [-0.15, -0.1) is 0 Å². The van der Waals surface area contributed by atoms with E-state index in [1.54, 1.807) is 0 Å². The number of pyridine rings is 2. The molecule has 0 bridgehead atoms. The van der Waals surface area contributed by atoms with Gasteiger partial charge in [0.25, 0.3) is 0 Å². The summed E-state index contributed by atoms with van der Waals surface area (Å²) in [6.45, 7) is 8.59. The fourth-order valence-corrected chi connectivity index (χ4v) is 3.38. The molecule has 3 nitrogen and oxygen atoms in total. The van der Waals surface area contributed by atoms with E-state index >= 15 is 0 Å². The van der Waals surface area contributed by atoms with Gasteiger partial charge in [0.1, 0.15) is 12.6 Å². The highest BCUT2D eigenvalue weighted by molar-refractivity contribution is 6.07. The number of fused-ring (bicyclic) bond motifs is 3. The van der Waals surface area contributed by atoms with E-state index in [-0.39, 0.29) is 0 Å². The monoisotopic (exact) mass is 331 g/mol. The lowest BCUT2D eigenvalue weighted by atomic mass is 10.0. The van der Waals surface area contributed by atoms with Crippen molar-refractivity contribution in [3.8, 4) is 11.3 Å². The molecule has 0 unspecified atom stereocenters. The Balaban J connectivity index is 2.09. The topological polar surface area (TPSA) is 29.9 Å². The van der Waals surface area contributed by atoms with Gasteiger partial charge in [0.15, 0.2) is 17.4 Å². The van der Waals surface area contributed by atoms with Crippen LogP contribution in [0.15, 0.2) is 47.0 Å². The first-order chi connectivity index (χ1) is 12.0. The zero-order chi connectivity index (χ0) is 17.7. The van der Waals surface area contributed by atoms with Crippen LogP contribution in [0.4, 0.5) is 0 Å². The summed E-state index contributed by atoms with van der Waals surface area (Å²) in [5, 5.41) is 1.08. The molecule has 1 aromatic carbocycles. The Morgan fingerprint density at radius 1 is 1.04 bits per heavy atom. The van der Waals surface area contributed by atoms with Crippen LogP contribution in [0.2, 0.25) is 0 Å². The molecular formula is C22H23N2O+. The Labute approximate surface area is 147 Å². The first kappa shape index (κ1) is 15.8. The number of benzene rings is 1. The lowest BCUT2D eigenvalue weighted by Gasteiger charge is -2.06. The Morgan fingerprint density at radius 2 is 1.84 bits per heavy atom. The lowest BCUT2D eigenvalue weighted by Crippen LogP contribution is -2.30. The maximum absolute atomic E-state index is 6.27. The molecule has 0 radical (unpaired) electrons. The average molecular weight is 331 g/mol. The van der Waals surface area contributed by atoms with E-state index in [0.717, 1.165) is 39.0 Å². The molecule has 0 aliphatic heterocycles. The van der Waals surface area contributed by atoms with Gasteiger partial charge in [-0.1, -0.05) is 19.9 Å². The van der Waals surface area contributed by atoms with Crippen LogP contribution < -0.4 is 4.57 Å². The van der Waals surface area contributed by atoms with Crippen molar-refractivity contribution in [1.82, 2.24) is 4.98 Å². The third-order valence-corrected chi connectivity index (χ3v) is 4.87. The molecule has 0 saturated heterocycles. The molecule has 4 rings (SSSR count). The third kappa shape index (κ3) is 2.51. The molecule has 0 aliphatic rings. The summed E-state index contributed by atoms with van der Waals surface area (Å²) in [6, 6.07) is 12.7. The van der Waals surface area contributed by atoms with Crippen molar-refractivity contribution in [2.75, 3.05) is 0 Å². The zero-order valence-corrected chi connectivity index (χ0v) is 15.4. The van der Waals surface area contributed by atoms with E-state index in [0.29, 0.717) is 5.92 Å². The Hall–Kier alpha value is -2.68. The van der Waals surface area contributed by atoms with Gasteiger partial charge in [-0.05, 0) is 49.1 Å². The molecule has 3 aromatic heterocycles. The summed E-state index contributed by atoms with van der Waals surface area (Å²) >= 11 is 0. The average Bonchev–Trinajstić information content (AvgIpc) is 2.94. The molecule has 0 saturated carbocycles. The highest BCUT2D eigenvalue weighted by atomic mass is 16.3. The van der Waals surface area contributed by atoms with Crippen molar-refractivity contribution >= 4 is 22.1 Å². The normalized spacial score (nSPS) is 11.8. The predicted octanol–water partition coefficient (Wildman–Crippen LogP) is 5.21. The first-order valence-electron chi connectivity index (χ1n) is 8.75. The number of furan rings is 1. The van der Waals surface area contributed by atoms with E-state index < -0.39 is 0 Å². The molecule has 0 N–H and O–H groups in total. The van der Waals surface area contributed by atoms with E-state index in [1.165, 1.54) is 11.1 Å². The van der Waals surface area contributed by atoms with Crippen LogP contribution in [0.5, 0.6) is 0 Å². The Morgan fingerprint density at radius 3 is 2.60 bits per heavy atom. The van der Waals surface area contributed by atoms with Crippen LogP contribution in [-0.4, -0.2) is 4.98 Å². The van der Waals surface area contributed by atoms with Crippen LogP contribution in [0.25, 0.3) is 33.3 Å². The summed E-state index contributed by atoms with van der Waals surface area (Å²) in [4.78, 5) is 4.87. The summed E-state index contributed by atoms with van der Waals surface area (Å²) < 4.78 is 8.42. The second-order valence-corrected chi connectivity index (χ2v) is 7.17. The molecule has 0 spiro atoms. The molecule has 0 aliphatic carbocycles. The lowest BCUT2D eigenvalue weighted by molar-refractivity contribution is -0.660. The minimum atomic E-state index is 0.397. The fourth-order valence-electron chi connectivity index (χ4n) is 3.38. The number of aryl methyl sites for hydroxylation is 3. The van der Waals surface area contributed by atoms with Crippen molar-refractivity contribution in [2.24, 2.45) is 7.05 Å². The predicted molar refractivity (Wildman–Crippen MR) is 102 cm³/mol. The molecule has 25 heavy (non-hydrogen) atoms. The van der Waals surface area contributed by atoms with Gasteiger partial charge in [-0.2, -0.15) is 0 Å². The second kappa shape index (κ2) is 5.69. The zero-order valence-electron chi connectivity index (χ0n) is 15.4. The third-order valence-electron chi connectivity index (χ3n) is 4.87. The summed E-state index contributed by atoms with van der Waals surface area (Å²) in [5.74, 6) is 0.397. The minimum absolute atomic E-state index is 0.397. The van der Waals surface area contributed by atoms with Gasteiger partial charge in [0.05, 0.1) is 5.56 Å². The minimum Gasteiger partial charge on any atom is -0.453 e. The maximum atomic E-state index is 6.27. The largest absolute Gasteiger partial charge is 0.453 e. The summed E-state index contributed by atoms with van der Waals surface area (Å²) in [7, 11) is 2.07. The second-order valence-electron chi connectivity index (χ2n) is 7.17. The van der Waals surface area contributed by atoms with Gasteiger partial charge in [-0.25, -0.2) is 9.55 Å². The highest BCUT2D eigenvalue weighted by Gasteiger charge is 2.21. The molecule has 0 fully saturated rings. The summed E-state index contributed by atoms with van der Waals surface area (Å²) in [6.07, 6.45) is 2.10. The van der Waals surface area contributed by atoms with Crippen molar-refractivity contribution < 1.29 is 8.98 Å². The number of rotatable bonds is 2. The van der Waals surface area contributed by atoms with Crippen LogP contribution >= 0.6 is 0 Å². The molecule has 3 heterocycles. The molecule has 0 amide bonds. The highest BCUT2D eigenvalue weighted by Crippen LogP contribution is 2.36. The van der Waals surface area contributed by atoms with Gasteiger partial charge < -0.3 is 4.42 Å². The molecule has 0 atom stereocenters. The van der Waals surface area contributed by atoms with Gasteiger partial charge in [0, 0.05) is 23.2 Å². The Kier molecular flexibility index (Phi) is 3.60. The SMILES string of the molecule is Cc1cc[n+](C)c(-c2c(C)ccc3c2oc2ccc(C(C)C)nc23)c1. The molecule has 126 valence electrons. The number of nitrogens with zero attached hydrogens (tertiary/aromatic N) is 2. The van der Waals surface area contributed by atoms with Crippen LogP contribution in [-0.2, 0) is 7.05 Å². The Bertz CT molecular complexity index is 1110. The van der Waals surface area contributed by atoms with Gasteiger partial charge >= 0.3 is 0 Å². The van der Waals surface area contributed by atoms with Crippen LogP contribution in [0, 0.1) is 13.8 Å². The molecule has 4 aromatic rings. The summed E-state index contributed by atoms with van der Waals surface area (Å²) in [5.41, 5.74) is 8.57. The smallest absolute Gasteiger partial charge is 0.216 e. The number of aromatic nitrogens is 2. The van der Waals surface area contributed by atoms with Gasteiger partial charge in [-0.3, -0.25) is 0 Å². The van der Waals surface area contributed by atoms with Crippen molar-refractivity contribution in [3.63, 3.8) is 0 Å². The fraction of sp³-hybridized carbons (Fsp3) is 0.273. The van der Waals surface area contributed by atoms with Crippen LogP contribution in [0.3, 0.4) is 0 Å². The maximum Gasteiger partial charge on any atom is 0.216 e. The van der Waals surface area contributed by atoms with E-state index in [4.69, 9.17) is 9.40 Å². The first-order valence-corrected chi connectivity index (χ1v) is 8.75. The molecule has 3 heteroatoms.